The predicted molar refractivity (Wildman–Crippen MR) is 79.7 cm³/mol. The van der Waals surface area contributed by atoms with Crippen molar-refractivity contribution in [3.05, 3.63) is 29.8 Å². The van der Waals surface area contributed by atoms with E-state index in [-0.39, 0.29) is 11.5 Å². The highest BCUT2D eigenvalue weighted by molar-refractivity contribution is 7.89. The minimum Gasteiger partial charge on any atom is -0.384 e. The fourth-order valence-electron chi connectivity index (χ4n) is 1.66. The fourth-order valence-corrected chi connectivity index (χ4v) is 3.26. The van der Waals surface area contributed by atoms with E-state index in [9.17, 15) is 8.42 Å². The zero-order valence-electron chi connectivity index (χ0n) is 12.1. The standard InChI is InChI=1S/C15H21NO3S/c1-4-15(3,5-2)16-20(18,19)14-10-6-8-13(12-14)9-7-11-17/h6,8,10,12,16-17H,4-5,11H2,1-3H3. The van der Waals surface area contributed by atoms with Crippen LogP contribution in [0.25, 0.3) is 0 Å². The van der Waals surface area contributed by atoms with Crippen molar-refractivity contribution in [2.75, 3.05) is 6.61 Å². The van der Waals surface area contributed by atoms with Gasteiger partial charge in [-0.15, -0.1) is 0 Å². The number of nitrogens with one attached hydrogen (secondary N) is 1. The van der Waals surface area contributed by atoms with Crippen molar-refractivity contribution in [2.24, 2.45) is 0 Å². The minimum atomic E-state index is -3.57. The SMILES string of the molecule is CCC(C)(CC)NS(=O)(=O)c1cccc(C#CCO)c1. The van der Waals surface area contributed by atoms with E-state index >= 15 is 0 Å². The first-order chi connectivity index (χ1) is 9.37. The predicted octanol–water partition coefficient (Wildman–Crippen LogP) is 1.89. The van der Waals surface area contributed by atoms with Crippen molar-refractivity contribution in [3.8, 4) is 11.8 Å². The maximum absolute atomic E-state index is 12.4. The highest BCUT2D eigenvalue weighted by atomic mass is 32.2. The zero-order chi connectivity index (χ0) is 15.2. The summed E-state index contributed by atoms with van der Waals surface area (Å²) in [5.41, 5.74) is 0.114. The second-order valence-electron chi connectivity index (χ2n) is 4.86. The van der Waals surface area contributed by atoms with E-state index in [0.717, 1.165) is 0 Å². The average Bonchev–Trinajstić information content (AvgIpc) is 2.45. The van der Waals surface area contributed by atoms with Crippen LogP contribution in [0.5, 0.6) is 0 Å². The maximum atomic E-state index is 12.4. The fraction of sp³-hybridized carbons (Fsp3) is 0.467. The molecule has 0 aliphatic rings. The smallest absolute Gasteiger partial charge is 0.241 e. The maximum Gasteiger partial charge on any atom is 0.241 e. The molecule has 0 atom stereocenters. The first-order valence-electron chi connectivity index (χ1n) is 6.60. The summed E-state index contributed by atoms with van der Waals surface area (Å²) < 4.78 is 27.5. The van der Waals surface area contributed by atoms with Crippen molar-refractivity contribution in [2.45, 2.75) is 44.0 Å². The minimum absolute atomic E-state index is 0.190. The van der Waals surface area contributed by atoms with E-state index in [1.165, 1.54) is 12.1 Å². The number of hydrogen-bond donors (Lipinski definition) is 2. The number of aliphatic hydroxyl groups excluding tert-OH is 1. The third-order valence-corrected chi connectivity index (χ3v) is 5.03. The molecular weight excluding hydrogens is 274 g/mol. The van der Waals surface area contributed by atoms with E-state index in [4.69, 9.17) is 5.11 Å². The van der Waals surface area contributed by atoms with Crippen LogP contribution in [0.4, 0.5) is 0 Å². The number of sulfonamides is 1. The van der Waals surface area contributed by atoms with E-state index in [1.807, 2.05) is 20.8 Å². The molecule has 20 heavy (non-hydrogen) atoms. The lowest BCUT2D eigenvalue weighted by atomic mass is 9.98. The number of aliphatic hydroxyl groups is 1. The van der Waals surface area contributed by atoms with Crippen LogP contribution in [0.2, 0.25) is 0 Å². The van der Waals surface area contributed by atoms with Crippen LogP contribution in [0.1, 0.15) is 39.2 Å². The number of rotatable bonds is 5. The Kier molecular flexibility index (Phi) is 5.75. The molecule has 0 fully saturated rings. The molecule has 0 spiro atoms. The van der Waals surface area contributed by atoms with Gasteiger partial charge in [-0.1, -0.05) is 31.8 Å². The summed E-state index contributed by atoms with van der Waals surface area (Å²) in [5.74, 6) is 5.21. The lowest BCUT2D eigenvalue weighted by Gasteiger charge is -2.27. The van der Waals surface area contributed by atoms with Crippen molar-refractivity contribution < 1.29 is 13.5 Å². The quantitative estimate of drug-likeness (QED) is 0.815. The Hall–Kier alpha value is -1.35. The van der Waals surface area contributed by atoms with Crippen molar-refractivity contribution in [1.82, 2.24) is 4.72 Å². The van der Waals surface area contributed by atoms with Gasteiger partial charge in [-0.05, 0) is 38.0 Å². The van der Waals surface area contributed by atoms with E-state index in [2.05, 4.69) is 16.6 Å². The lowest BCUT2D eigenvalue weighted by Crippen LogP contribution is -2.44. The van der Waals surface area contributed by atoms with Crippen molar-refractivity contribution in [1.29, 1.82) is 0 Å². The summed E-state index contributed by atoms with van der Waals surface area (Å²) in [4.78, 5) is 0.190. The van der Waals surface area contributed by atoms with Gasteiger partial charge in [0.15, 0.2) is 0 Å². The molecule has 0 aliphatic heterocycles. The summed E-state index contributed by atoms with van der Waals surface area (Å²) in [6.07, 6.45) is 1.43. The molecule has 0 amide bonds. The third kappa shape index (κ3) is 4.34. The Morgan fingerprint density at radius 3 is 2.50 bits per heavy atom. The summed E-state index contributed by atoms with van der Waals surface area (Å²) in [7, 11) is -3.57. The van der Waals surface area contributed by atoms with Crippen LogP contribution in [-0.4, -0.2) is 25.7 Å². The molecule has 1 aromatic rings. The summed E-state index contributed by atoms with van der Waals surface area (Å²) in [6.45, 7) is 5.54. The van der Waals surface area contributed by atoms with Gasteiger partial charge in [0.1, 0.15) is 6.61 Å². The zero-order valence-corrected chi connectivity index (χ0v) is 12.9. The Morgan fingerprint density at radius 2 is 1.95 bits per heavy atom. The Labute approximate surface area is 121 Å². The van der Waals surface area contributed by atoms with Crippen LogP contribution in [0, 0.1) is 11.8 Å². The second kappa shape index (κ2) is 6.89. The van der Waals surface area contributed by atoms with Crippen LogP contribution in [-0.2, 0) is 10.0 Å². The van der Waals surface area contributed by atoms with Gasteiger partial charge in [-0.2, -0.15) is 0 Å². The largest absolute Gasteiger partial charge is 0.384 e. The molecule has 1 aromatic carbocycles. The van der Waals surface area contributed by atoms with Crippen LogP contribution < -0.4 is 4.72 Å². The molecule has 0 aliphatic carbocycles. The first-order valence-corrected chi connectivity index (χ1v) is 8.09. The molecule has 0 bridgehead atoms. The molecule has 2 N–H and O–H groups in total. The van der Waals surface area contributed by atoms with Gasteiger partial charge in [-0.25, -0.2) is 13.1 Å². The molecule has 4 nitrogen and oxygen atoms in total. The Bertz CT molecular complexity index is 607. The summed E-state index contributed by atoms with van der Waals surface area (Å²) in [6, 6.07) is 6.40. The van der Waals surface area contributed by atoms with Crippen molar-refractivity contribution in [3.63, 3.8) is 0 Å². The van der Waals surface area contributed by atoms with Gasteiger partial charge in [0.2, 0.25) is 10.0 Å². The molecule has 1 rings (SSSR count). The van der Waals surface area contributed by atoms with Gasteiger partial charge < -0.3 is 5.11 Å². The third-order valence-electron chi connectivity index (χ3n) is 3.40. The van der Waals surface area contributed by atoms with E-state index in [1.54, 1.807) is 12.1 Å². The van der Waals surface area contributed by atoms with Gasteiger partial charge >= 0.3 is 0 Å². The van der Waals surface area contributed by atoms with Gasteiger partial charge in [0.25, 0.3) is 0 Å². The molecular formula is C15H21NO3S. The van der Waals surface area contributed by atoms with Gasteiger partial charge in [0.05, 0.1) is 4.90 Å². The summed E-state index contributed by atoms with van der Waals surface area (Å²) in [5, 5.41) is 8.67. The Balaban J connectivity index is 3.10. The highest BCUT2D eigenvalue weighted by Crippen LogP contribution is 2.19. The summed E-state index contributed by atoms with van der Waals surface area (Å²) >= 11 is 0. The van der Waals surface area contributed by atoms with Crippen molar-refractivity contribution >= 4 is 10.0 Å². The molecule has 0 saturated carbocycles. The highest BCUT2D eigenvalue weighted by Gasteiger charge is 2.27. The number of hydrogen-bond acceptors (Lipinski definition) is 3. The normalized spacial score (nSPS) is 11.8. The molecule has 5 heteroatoms. The van der Waals surface area contributed by atoms with E-state index < -0.39 is 15.6 Å². The van der Waals surface area contributed by atoms with E-state index in [0.29, 0.717) is 18.4 Å². The second-order valence-corrected chi connectivity index (χ2v) is 6.54. The lowest BCUT2D eigenvalue weighted by molar-refractivity contribution is 0.350. The molecule has 0 unspecified atom stereocenters. The average molecular weight is 295 g/mol. The van der Waals surface area contributed by atoms with Crippen LogP contribution in [0.3, 0.4) is 0 Å². The van der Waals surface area contributed by atoms with Gasteiger partial charge in [0, 0.05) is 11.1 Å². The number of benzene rings is 1. The molecule has 0 radical (unpaired) electrons. The van der Waals surface area contributed by atoms with Crippen LogP contribution >= 0.6 is 0 Å². The molecule has 0 aromatic heterocycles. The van der Waals surface area contributed by atoms with Crippen LogP contribution in [0.15, 0.2) is 29.2 Å². The topological polar surface area (TPSA) is 66.4 Å². The first kappa shape index (κ1) is 16.7. The molecule has 110 valence electrons. The Morgan fingerprint density at radius 1 is 1.30 bits per heavy atom. The molecule has 0 heterocycles. The molecule has 0 saturated heterocycles. The monoisotopic (exact) mass is 295 g/mol. The van der Waals surface area contributed by atoms with Gasteiger partial charge in [-0.3, -0.25) is 0 Å².